The van der Waals surface area contributed by atoms with E-state index < -0.39 is 0 Å². The van der Waals surface area contributed by atoms with Crippen molar-refractivity contribution in [3.05, 3.63) is 12.4 Å². The maximum absolute atomic E-state index is 10.8. The van der Waals surface area contributed by atoms with Crippen molar-refractivity contribution >= 4 is 11.8 Å². The quantitative estimate of drug-likeness (QED) is 0.713. The molecule has 0 atom stereocenters. The minimum atomic E-state index is -0.362. The SMILES string of the molecule is CCOc1cncc(NCC(=O)OC)n1. The van der Waals surface area contributed by atoms with E-state index in [0.29, 0.717) is 18.3 Å². The molecule has 1 heterocycles. The number of carbonyl (C=O) groups excluding carboxylic acids is 1. The van der Waals surface area contributed by atoms with Crippen molar-refractivity contribution in [2.75, 3.05) is 25.6 Å². The maximum Gasteiger partial charge on any atom is 0.325 e. The second-order valence-corrected chi connectivity index (χ2v) is 2.61. The number of ether oxygens (including phenoxy) is 2. The summed E-state index contributed by atoms with van der Waals surface area (Å²) in [6.45, 7) is 2.44. The van der Waals surface area contributed by atoms with Crippen LogP contribution in [0.4, 0.5) is 5.82 Å². The minimum Gasteiger partial charge on any atom is -0.477 e. The van der Waals surface area contributed by atoms with E-state index in [0.717, 1.165) is 0 Å². The van der Waals surface area contributed by atoms with Crippen molar-refractivity contribution in [3.63, 3.8) is 0 Å². The summed E-state index contributed by atoms with van der Waals surface area (Å²) in [4.78, 5) is 18.8. The zero-order valence-corrected chi connectivity index (χ0v) is 8.69. The summed E-state index contributed by atoms with van der Waals surface area (Å²) in [5, 5.41) is 2.77. The van der Waals surface area contributed by atoms with Crippen molar-refractivity contribution in [2.24, 2.45) is 0 Å². The first-order valence-electron chi connectivity index (χ1n) is 4.51. The monoisotopic (exact) mass is 211 g/mol. The average molecular weight is 211 g/mol. The fourth-order valence-corrected chi connectivity index (χ4v) is 0.886. The van der Waals surface area contributed by atoms with Crippen LogP contribution >= 0.6 is 0 Å². The zero-order valence-electron chi connectivity index (χ0n) is 8.69. The van der Waals surface area contributed by atoms with Crippen molar-refractivity contribution < 1.29 is 14.3 Å². The van der Waals surface area contributed by atoms with Gasteiger partial charge in [-0.15, -0.1) is 0 Å². The van der Waals surface area contributed by atoms with Gasteiger partial charge < -0.3 is 14.8 Å². The molecule has 0 aliphatic heterocycles. The van der Waals surface area contributed by atoms with Gasteiger partial charge in [-0.25, -0.2) is 0 Å². The van der Waals surface area contributed by atoms with Crippen LogP contribution < -0.4 is 10.1 Å². The zero-order chi connectivity index (χ0) is 11.1. The van der Waals surface area contributed by atoms with Gasteiger partial charge in [0, 0.05) is 0 Å². The topological polar surface area (TPSA) is 73.3 Å². The number of rotatable bonds is 5. The Morgan fingerprint density at radius 3 is 3.00 bits per heavy atom. The van der Waals surface area contributed by atoms with Gasteiger partial charge in [-0.05, 0) is 6.92 Å². The number of nitrogens with zero attached hydrogens (tertiary/aromatic N) is 2. The lowest BCUT2D eigenvalue weighted by molar-refractivity contribution is -0.138. The highest BCUT2D eigenvalue weighted by Crippen LogP contribution is 2.08. The van der Waals surface area contributed by atoms with E-state index in [1.165, 1.54) is 19.5 Å². The Balaban J connectivity index is 2.53. The van der Waals surface area contributed by atoms with Crippen LogP contribution in [0.3, 0.4) is 0 Å². The number of hydrogen-bond donors (Lipinski definition) is 1. The predicted octanol–water partition coefficient (Wildman–Crippen LogP) is 0.460. The molecule has 0 unspecified atom stereocenters. The molecule has 1 aromatic rings. The molecule has 82 valence electrons. The van der Waals surface area contributed by atoms with E-state index in [1.54, 1.807) is 0 Å². The number of anilines is 1. The second-order valence-electron chi connectivity index (χ2n) is 2.61. The minimum absolute atomic E-state index is 0.0563. The lowest BCUT2D eigenvalue weighted by atomic mass is 10.6. The molecule has 15 heavy (non-hydrogen) atoms. The molecule has 0 bridgehead atoms. The van der Waals surface area contributed by atoms with E-state index in [2.05, 4.69) is 20.0 Å². The van der Waals surface area contributed by atoms with Gasteiger partial charge in [0.15, 0.2) is 0 Å². The molecule has 0 amide bonds. The molecule has 6 heteroatoms. The molecule has 0 fully saturated rings. The summed E-state index contributed by atoms with van der Waals surface area (Å²) in [7, 11) is 1.33. The predicted molar refractivity (Wildman–Crippen MR) is 53.7 cm³/mol. The Kier molecular flexibility index (Phi) is 4.33. The maximum atomic E-state index is 10.8. The molecule has 0 aromatic carbocycles. The standard InChI is InChI=1S/C9H13N3O3/c1-3-15-8-5-10-4-7(12-8)11-6-9(13)14-2/h4-5H,3,6H2,1-2H3,(H,11,12). The third-order valence-electron chi connectivity index (χ3n) is 1.55. The summed E-state index contributed by atoms with van der Waals surface area (Å²) in [5.74, 6) is 0.539. The summed E-state index contributed by atoms with van der Waals surface area (Å²) in [6, 6.07) is 0. The van der Waals surface area contributed by atoms with Crippen LogP contribution in [0.25, 0.3) is 0 Å². The van der Waals surface area contributed by atoms with Gasteiger partial charge in [0.05, 0.1) is 26.1 Å². The van der Waals surface area contributed by atoms with Gasteiger partial charge in [0.25, 0.3) is 0 Å². The van der Waals surface area contributed by atoms with Crippen LogP contribution in [0, 0.1) is 0 Å². The van der Waals surface area contributed by atoms with Crippen molar-refractivity contribution in [1.29, 1.82) is 0 Å². The van der Waals surface area contributed by atoms with Crippen molar-refractivity contribution in [2.45, 2.75) is 6.92 Å². The fourth-order valence-electron chi connectivity index (χ4n) is 0.886. The Hall–Kier alpha value is -1.85. The van der Waals surface area contributed by atoms with E-state index in [-0.39, 0.29) is 12.5 Å². The first-order chi connectivity index (χ1) is 7.26. The smallest absolute Gasteiger partial charge is 0.325 e. The molecule has 0 aliphatic carbocycles. The van der Waals surface area contributed by atoms with Crippen LogP contribution in [-0.2, 0) is 9.53 Å². The van der Waals surface area contributed by atoms with Gasteiger partial charge in [0.1, 0.15) is 12.4 Å². The number of hydrogen-bond acceptors (Lipinski definition) is 6. The molecular formula is C9H13N3O3. The Bertz CT molecular complexity index is 330. The molecule has 0 saturated carbocycles. The number of esters is 1. The third-order valence-corrected chi connectivity index (χ3v) is 1.55. The summed E-state index contributed by atoms with van der Waals surface area (Å²) in [6.07, 6.45) is 3.01. The molecule has 1 rings (SSSR count). The van der Waals surface area contributed by atoms with Crippen LogP contribution in [0.15, 0.2) is 12.4 Å². The van der Waals surface area contributed by atoms with E-state index >= 15 is 0 Å². The molecule has 0 saturated heterocycles. The van der Waals surface area contributed by atoms with Gasteiger partial charge in [-0.3, -0.25) is 9.78 Å². The first-order valence-corrected chi connectivity index (χ1v) is 4.51. The molecule has 1 aromatic heterocycles. The Morgan fingerprint density at radius 2 is 2.33 bits per heavy atom. The lowest BCUT2D eigenvalue weighted by Crippen LogP contribution is -2.15. The molecular weight excluding hydrogens is 198 g/mol. The summed E-state index contributed by atoms with van der Waals surface area (Å²) in [5.41, 5.74) is 0. The van der Waals surface area contributed by atoms with E-state index in [4.69, 9.17) is 4.74 Å². The van der Waals surface area contributed by atoms with Crippen LogP contribution in [0.2, 0.25) is 0 Å². The number of nitrogens with one attached hydrogen (secondary N) is 1. The Morgan fingerprint density at radius 1 is 1.53 bits per heavy atom. The van der Waals surface area contributed by atoms with Gasteiger partial charge >= 0.3 is 5.97 Å². The molecule has 1 N–H and O–H groups in total. The Labute approximate surface area is 87.6 Å². The first kappa shape index (κ1) is 11.2. The highest BCUT2D eigenvalue weighted by molar-refractivity contribution is 5.74. The lowest BCUT2D eigenvalue weighted by Gasteiger charge is -2.05. The molecule has 0 radical (unpaired) electrons. The number of carbonyl (C=O) groups is 1. The highest BCUT2D eigenvalue weighted by Gasteiger charge is 2.02. The average Bonchev–Trinajstić information content (AvgIpc) is 2.27. The van der Waals surface area contributed by atoms with E-state index in [9.17, 15) is 4.79 Å². The summed E-state index contributed by atoms with van der Waals surface area (Å²) >= 11 is 0. The normalized spacial score (nSPS) is 9.47. The highest BCUT2D eigenvalue weighted by atomic mass is 16.5. The van der Waals surface area contributed by atoms with Gasteiger partial charge in [-0.2, -0.15) is 4.98 Å². The molecule has 0 spiro atoms. The van der Waals surface area contributed by atoms with Crippen LogP contribution in [0.1, 0.15) is 6.92 Å². The number of aromatic nitrogens is 2. The third kappa shape index (κ3) is 3.80. The summed E-state index contributed by atoms with van der Waals surface area (Å²) < 4.78 is 9.62. The van der Waals surface area contributed by atoms with Crippen LogP contribution in [0.5, 0.6) is 5.88 Å². The largest absolute Gasteiger partial charge is 0.477 e. The fraction of sp³-hybridized carbons (Fsp3) is 0.444. The van der Waals surface area contributed by atoms with Gasteiger partial charge in [-0.1, -0.05) is 0 Å². The number of methoxy groups -OCH3 is 1. The van der Waals surface area contributed by atoms with E-state index in [1.807, 2.05) is 6.92 Å². The van der Waals surface area contributed by atoms with Crippen molar-refractivity contribution in [3.8, 4) is 5.88 Å². The van der Waals surface area contributed by atoms with Crippen molar-refractivity contribution in [1.82, 2.24) is 9.97 Å². The molecule has 6 nitrogen and oxygen atoms in total. The second kappa shape index (κ2) is 5.79. The van der Waals surface area contributed by atoms with Gasteiger partial charge in [0.2, 0.25) is 5.88 Å². The molecule has 0 aliphatic rings. The van der Waals surface area contributed by atoms with Crippen LogP contribution in [-0.4, -0.2) is 36.2 Å².